The van der Waals surface area contributed by atoms with Crippen LogP contribution >= 0.6 is 11.3 Å². The van der Waals surface area contributed by atoms with Gasteiger partial charge in [0.25, 0.3) is 0 Å². The Morgan fingerprint density at radius 3 is 2.62 bits per heavy atom. The lowest BCUT2D eigenvalue weighted by Crippen LogP contribution is -2.55. The smallest absolute Gasteiger partial charge is 0.407 e. The quantitative estimate of drug-likeness (QED) is 0.348. The normalized spacial score (nSPS) is 27.1. The van der Waals surface area contributed by atoms with Gasteiger partial charge >= 0.3 is 12.1 Å². The van der Waals surface area contributed by atoms with Gasteiger partial charge in [0.2, 0.25) is 17.7 Å². The second-order valence-electron chi connectivity index (χ2n) is 9.93. The summed E-state index contributed by atoms with van der Waals surface area (Å²) in [5, 5.41) is 16.8. The van der Waals surface area contributed by atoms with Gasteiger partial charge in [0.15, 0.2) is 0 Å². The Bertz CT molecular complexity index is 1530. The number of hydrogen-bond acceptors (Lipinski definition) is 9. The van der Waals surface area contributed by atoms with E-state index in [1.54, 1.807) is 0 Å². The van der Waals surface area contributed by atoms with Crippen LogP contribution in [0.3, 0.4) is 0 Å². The van der Waals surface area contributed by atoms with E-state index in [0.717, 1.165) is 4.88 Å². The zero-order valence-corrected chi connectivity index (χ0v) is 21.9. The number of nitrogens with zero attached hydrogens (tertiary/aromatic N) is 3. The maximum Gasteiger partial charge on any atom is 0.407 e. The maximum atomic E-state index is 13.5. The van der Waals surface area contributed by atoms with Crippen LogP contribution in [0.15, 0.2) is 54.4 Å². The molecule has 13 heteroatoms. The van der Waals surface area contributed by atoms with Crippen LogP contribution in [-0.2, 0) is 19.1 Å². The molecule has 3 amide bonds. The number of aromatic nitrogens is 2. The van der Waals surface area contributed by atoms with Gasteiger partial charge < -0.3 is 30.1 Å². The summed E-state index contributed by atoms with van der Waals surface area (Å²) >= 11 is 1.47. The Morgan fingerprint density at radius 1 is 1.23 bits per heavy atom. The molecule has 1 saturated carbocycles. The third-order valence-corrected chi connectivity index (χ3v) is 8.29. The average Bonchev–Trinajstić information content (AvgIpc) is 3.37. The minimum atomic E-state index is -1.46. The summed E-state index contributed by atoms with van der Waals surface area (Å²) in [4.78, 5) is 62.1. The van der Waals surface area contributed by atoms with Gasteiger partial charge in [-0.3, -0.25) is 9.59 Å². The highest BCUT2D eigenvalue weighted by Gasteiger charge is 2.61. The predicted molar refractivity (Wildman–Crippen MR) is 142 cm³/mol. The molecule has 2 aliphatic heterocycles. The van der Waals surface area contributed by atoms with Gasteiger partial charge in [0.1, 0.15) is 36.0 Å². The lowest BCUT2D eigenvalue weighted by atomic mass is 10.1. The van der Waals surface area contributed by atoms with Crippen LogP contribution in [0.1, 0.15) is 12.8 Å². The van der Waals surface area contributed by atoms with E-state index in [0.29, 0.717) is 16.7 Å². The lowest BCUT2D eigenvalue weighted by Gasteiger charge is -2.26. The Kier molecular flexibility index (Phi) is 6.37. The van der Waals surface area contributed by atoms with E-state index in [1.807, 2.05) is 41.8 Å². The van der Waals surface area contributed by atoms with E-state index < -0.39 is 53.5 Å². The molecule has 12 nitrogen and oxygen atoms in total. The number of likely N-dealkylation sites (tertiary alicyclic amines) is 1. The van der Waals surface area contributed by atoms with Crippen molar-refractivity contribution in [2.24, 2.45) is 5.92 Å². The molecule has 1 aliphatic carbocycles. The van der Waals surface area contributed by atoms with Crippen LogP contribution in [0.2, 0.25) is 0 Å². The fourth-order valence-electron chi connectivity index (χ4n) is 5.21. The van der Waals surface area contributed by atoms with Crippen molar-refractivity contribution in [2.45, 2.75) is 36.6 Å². The number of thiophene rings is 1. The van der Waals surface area contributed by atoms with Gasteiger partial charge in [0, 0.05) is 12.3 Å². The largest absolute Gasteiger partial charge is 0.479 e. The number of amides is 3. The number of nitrogens with one attached hydrogen (secondary N) is 2. The fourth-order valence-corrected chi connectivity index (χ4v) is 5.91. The summed E-state index contributed by atoms with van der Waals surface area (Å²) in [6, 6.07) is 9.14. The van der Waals surface area contributed by atoms with E-state index in [9.17, 15) is 24.3 Å². The molecule has 3 aliphatic rings. The summed E-state index contributed by atoms with van der Waals surface area (Å²) in [5.41, 5.74) is 0.382. The first kappa shape index (κ1) is 25.7. The van der Waals surface area contributed by atoms with Crippen molar-refractivity contribution in [3.8, 4) is 16.5 Å². The molecule has 3 N–H and O–H groups in total. The number of rotatable bonds is 8. The molecular weight excluding hydrogens is 538 g/mol. The van der Waals surface area contributed by atoms with Crippen molar-refractivity contribution >= 4 is 46.2 Å². The number of carbonyl (C=O) groups excluding carboxylic acids is 3. The summed E-state index contributed by atoms with van der Waals surface area (Å²) < 4.78 is 11.2. The molecule has 3 aromatic rings. The van der Waals surface area contributed by atoms with Gasteiger partial charge in [-0.25, -0.2) is 19.6 Å². The average molecular weight is 564 g/mol. The van der Waals surface area contributed by atoms with Crippen molar-refractivity contribution in [2.75, 3.05) is 13.2 Å². The Balaban J connectivity index is 1.30. The topological polar surface area (TPSA) is 160 Å². The van der Waals surface area contributed by atoms with Crippen LogP contribution in [0.4, 0.5) is 4.79 Å². The molecule has 6 rings (SSSR count). The minimum absolute atomic E-state index is 0.00658. The SMILES string of the molecule is C=C[C@@H]1C[C@]1(NC(=O)[C@@H]1C[C@@H](Oc2nc3ccccc3nc2-c2cccs2)CN1C(=O)[C@@H]1COC(=O)N1)C(=O)O. The van der Waals surface area contributed by atoms with Crippen LogP contribution in [0.5, 0.6) is 5.88 Å². The number of para-hydroxylation sites is 2. The molecule has 5 atom stereocenters. The van der Waals surface area contributed by atoms with E-state index >= 15 is 0 Å². The van der Waals surface area contributed by atoms with Crippen molar-refractivity contribution in [1.29, 1.82) is 0 Å². The van der Waals surface area contributed by atoms with Gasteiger partial charge in [-0.05, 0) is 30.0 Å². The molecule has 1 aromatic carbocycles. The highest BCUT2D eigenvalue weighted by Crippen LogP contribution is 2.45. The first-order chi connectivity index (χ1) is 19.3. The zero-order valence-electron chi connectivity index (χ0n) is 21.1. The number of carbonyl (C=O) groups is 4. The van der Waals surface area contributed by atoms with Crippen molar-refractivity contribution in [1.82, 2.24) is 25.5 Å². The Hall–Kier alpha value is -4.52. The third kappa shape index (κ3) is 4.51. The number of cyclic esters (lactones) is 1. The molecule has 0 spiro atoms. The van der Waals surface area contributed by atoms with E-state index in [-0.39, 0.29) is 31.9 Å². The number of hydrogen-bond donors (Lipinski definition) is 3. The lowest BCUT2D eigenvalue weighted by molar-refractivity contribution is -0.145. The first-order valence-electron chi connectivity index (χ1n) is 12.7. The fraction of sp³-hybridized carbons (Fsp3) is 0.333. The van der Waals surface area contributed by atoms with Crippen LogP contribution < -0.4 is 15.4 Å². The second kappa shape index (κ2) is 9.90. The summed E-state index contributed by atoms with van der Waals surface area (Å²) in [6.07, 6.45) is 0.387. The van der Waals surface area contributed by atoms with Gasteiger partial charge in [-0.15, -0.1) is 17.9 Å². The molecule has 0 unspecified atom stereocenters. The van der Waals surface area contributed by atoms with E-state index in [1.165, 1.54) is 22.3 Å². The van der Waals surface area contributed by atoms with Gasteiger partial charge in [-0.1, -0.05) is 24.3 Å². The van der Waals surface area contributed by atoms with E-state index in [4.69, 9.17) is 14.5 Å². The number of aliphatic carboxylic acids is 1. The third-order valence-electron chi connectivity index (χ3n) is 7.42. The Morgan fingerprint density at radius 2 is 2.00 bits per heavy atom. The molecule has 0 bridgehead atoms. The monoisotopic (exact) mass is 563 g/mol. The molecular formula is C27H25N5O7S. The molecule has 4 heterocycles. The number of alkyl carbamates (subject to hydrolysis) is 1. The summed E-state index contributed by atoms with van der Waals surface area (Å²) in [6.45, 7) is 3.48. The molecule has 2 saturated heterocycles. The van der Waals surface area contributed by atoms with E-state index in [2.05, 4.69) is 22.2 Å². The second-order valence-corrected chi connectivity index (χ2v) is 10.9. The standard InChI is InChI=1S/C27H25N5O7S/c1-2-14-11-27(14,25(35)36)31-22(33)19-10-15(12-32(19)24(34)18-13-38-26(37)30-18)39-23-21(20-8-5-9-40-20)28-16-6-3-4-7-17(16)29-23/h2-9,14-15,18-19H,1,10-13H2,(H,30,37)(H,31,33)(H,35,36)/t14-,15-,18+,19+,27-/m1/s1. The molecule has 40 heavy (non-hydrogen) atoms. The Labute approximate surface area is 232 Å². The van der Waals surface area contributed by atoms with Crippen molar-refractivity contribution in [3.05, 3.63) is 54.4 Å². The van der Waals surface area contributed by atoms with Crippen LogP contribution in [-0.4, -0.2) is 80.7 Å². The number of fused-ring (bicyclic) bond motifs is 1. The first-order valence-corrected chi connectivity index (χ1v) is 13.6. The number of ether oxygens (including phenoxy) is 2. The van der Waals surface area contributed by atoms with Crippen LogP contribution in [0, 0.1) is 5.92 Å². The van der Waals surface area contributed by atoms with Crippen LogP contribution in [0.25, 0.3) is 21.6 Å². The molecule has 3 fully saturated rings. The maximum absolute atomic E-state index is 13.5. The predicted octanol–water partition coefficient (Wildman–Crippen LogP) is 1.96. The minimum Gasteiger partial charge on any atom is -0.479 e. The number of benzene rings is 1. The highest BCUT2D eigenvalue weighted by atomic mass is 32.1. The zero-order chi connectivity index (χ0) is 28.0. The van der Waals surface area contributed by atoms with Gasteiger partial charge in [0.05, 0.1) is 22.5 Å². The van der Waals surface area contributed by atoms with Gasteiger partial charge in [-0.2, -0.15) is 0 Å². The molecule has 206 valence electrons. The molecule has 0 radical (unpaired) electrons. The summed E-state index contributed by atoms with van der Waals surface area (Å²) in [5.74, 6) is -2.48. The van der Waals surface area contributed by atoms with Crippen molar-refractivity contribution in [3.63, 3.8) is 0 Å². The number of carboxylic acid groups (broad SMARTS) is 1. The summed E-state index contributed by atoms with van der Waals surface area (Å²) in [7, 11) is 0. The number of carboxylic acids is 1. The highest BCUT2D eigenvalue weighted by molar-refractivity contribution is 7.13. The van der Waals surface area contributed by atoms with Crippen molar-refractivity contribution < 1.29 is 33.8 Å². The molecule has 2 aromatic heterocycles.